The molecule has 0 amide bonds. The van der Waals surface area contributed by atoms with Gasteiger partial charge in [0.1, 0.15) is 16.4 Å². The predicted octanol–water partition coefficient (Wildman–Crippen LogP) is 2.47. The molecule has 134 valence electrons. The Kier molecular flexibility index (Phi) is 4.99. The molecule has 2 aromatic carbocycles. The van der Waals surface area contributed by atoms with Crippen LogP contribution >= 0.6 is 0 Å². The maximum absolute atomic E-state index is 13.1. The monoisotopic (exact) mass is 363 g/mol. The highest BCUT2D eigenvalue weighted by atomic mass is 32.2. The molecule has 1 aliphatic heterocycles. The molecule has 1 N–H and O–H groups in total. The molecule has 0 saturated carbocycles. The van der Waals surface area contributed by atoms with E-state index in [4.69, 9.17) is 9.47 Å². The number of nitrogens with zero attached hydrogens (tertiary/aromatic N) is 1. The van der Waals surface area contributed by atoms with Crippen molar-refractivity contribution in [1.29, 1.82) is 0 Å². The van der Waals surface area contributed by atoms with Gasteiger partial charge in [0.15, 0.2) is 0 Å². The second kappa shape index (κ2) is 7.03. The summed E-state index contributed by atoms with van der Waals surface area (Å²) < 4.78 is 38.6. The molecule has 25 heavy (non-hydrogen) atoms. The molecule has 1 atom stereocenters. The van der Waals surface area contributed by atoms with Crippen LogP contribution in [-0.4, -0.2) is 44.6 Å². The molecule has 3 rings (SSSR count). The number of morpholine rings is 1. The fourth-order valence-electron chi connectivity index (χ4n) is 2.90. The fraction of sp³-hybridized carbons (Fsp3) is 0.333. The Morgan fingerprint density at radius 2 is 2.04 bits per heavy atom. The lowest BCUT2D eigenvalue weighted by Gasteiger charge is -2.32. The Labute approximate surface area is 147 Å². The van der Waals surface area contributed by atoms with Gasteiger partial charge in [-0.2, -0.15) is 4.31 Å². The maximum Gasteiger partial charge on any atom is 0.246 e. The van der Waals surface area contributed by atoms with Crippen molar-refractivity contribution in [3.63, 3.8) is 0 Å². The normalized spacial score (nSPS) is 18.9. The van der Waals surface area contributed by atoms with E-state index in [2.05, 4.69) is 0 Å². The number of benzene rings is 2. The molecule has 0 radical (unpaired) electrons. The number of methoxy groups -OCH3 is 1. The molecule has 1 heterocycles. The van der Waals surface area contributed by atoms with Crippen LogP contribution in [0, 0.1) is 6.92 Å². The van der Waals surface area contributed by atoms with Crippen molar-refractivity contribution < 1.29 is 23.0 Å². The third kappa shape index (κ3) is 3.63. The Hall–Kier alpha value is -2.09. The molecule has 0 spiro atoms. The Morgan fingerprint density at radius 1 is 1.24 bits per heavy atom. The number of hydrogen-bond acceptors (Lipinski definition) is 5. The van der Waals surface area contributed by atoms with Gasteiger partial charge in [-0.25, -0.2) is 8.42 Å². The Balaban J connectivity index is 1.91. The van der Waals surface area contributed by atoms with Crippen molar-refractivity contribution in [2.24, 2.45) is 0 Å². The fourth-order valence-corrected chi connectivity index (χ4v) is 4.56. The first kappa shape index (κ1) is 17.7. The first-order valence-corrected chi connectivity index (χ1v) is 9.41. The molecule has 0 bridgehead atoms. The SMILES string of the molecule is COc1ccc(C)cc1S(=O)(=O)N1CCOC(c2cccc(O)c2)C1. The summed E-state index contributed by atoms with van der Waals surface area (Å²) in [6.07, 6.45) is -0.425. The molecule has 1 saturated heterocycles. The van der Waals surface area contributed by atoms with Crippen LogP contribution in [0.5, 0.6) is 11.5 Å². The highest BCUT2D eigenvalue weighted by molar-refractivity contribution is 7.89. The van der Waals surface area contributed by atoms with Crippen LogP contribution in [0.15, 0.2) is 47.4 Å². The zero-order chi connectivity index (χ0) is 18.0. The summed E-state index contributed by atoms with van der Waals surface area (Å²) >= 11 is 0. The third-order valence-electron chi connectivity index (χ3n) is 4.21. The van der Waals surface area contributed by atoms with Crippen LogP contribution in [0.3, 0.4) is 0 Å². The zero-order valence-corrected chi connectivity index (χ0v) is 15.0. The molecule has 1 fully saturated rings. The van der Waals surface area contributed by atoms with E-state index in [1.807, 2.05) is 19.1 Å². The van der Waals surface area contributed by atoms with E-state index in [9.17, 15) is 13.5 Å². The van der Waals surface area contributed by atoms with E-state index < -0.39 is 16.1 Å². The minimum Gasteiger partial charge on any atom is -0.508 e. The molecule has 1 unspecified atom stereocenters. The molecule has 1 aliphatic rings. The summed E-state index contributed by atoms with van der Waals surface area (Å²) in [5.41, 5.74) is 1.59. The van der Waals surface area contributed by atoms with Crippen LogP contribution in [0.2, 0.25) is 0 Å². The largest absolute Gasteiger partial charge is 0.508 e. The molecule has 6 nitrogen and oxygen atoms in total. The number of rotatable bonds is 4. The second-order valence-electron chi connectivity index (χ2n) is 5.97. The van der Waals surface area contributed by atoms with Gasteiger partial charge in [0.05, 0.1) is 19.8 Å². The number of hydrogen-bond donors (Lipinski definition) is 1. The van der Waals surface area contributed by atoms with Crippen LogP contribution in [0.1, 0.15) is 17.2 Å². The number of phenolic OH excluding ortho intramolecular Hbond substituents is 1. The summed E-state index contributed by atoms with van der Waals surface area (Å²) in [6.45, 7) is 2.58. The number of sulfonamides is 1. The average molecular weight is 363 g/mol. The molecular weight excluding hydrogens is 342 g/mol. The van der Waals surface area contributed by atoms with Crippen LogP contribution in [0.25, 0.3) is 0 Å². The van der Waals surface area contributed by atoms with Gasteiger partial charge in [-0.1, -0.05) is 18.2 Å². The van der Waals surface area contributed by atoms with Crippen molar-refractivity contribution in [2.75, 3.05) is 26.8 Å². The molecule has 7 heteroatoms. The third-order valence-corrected chi connectivity index (χ3v) is 6.09. The van der Waals surface area contributed by atoms with E-state index >= 15 is 0 Å². The van der Waals surface area contributed by atoms with Crippen molar-refractivity contribution in [3.8, 4) is 11.5 Å². The molecule has 0 aliphatic carbocycles. The first-order chi connectivity index (χ1) is 11.9. The summed E-state index contributed by atoms with van der Waals surface area (Å²) in [7, 11) is -2.26. The Morgan fingerprint density at radius 3 is 2.76 bits per heavy atom. The maximum atomic E-state index is 13.1. The van der Waals surface area contributed by atoms with Gasteiger partial charge in [-0.15, -0.1) is 0 Å². The van der Waals surface area contributed by atoms with E-state index in [-0.39, 0.29) is 30.3 Å². The smallest absolute Gasteiger partial charge is 0.246 e. The second-order valence-corrected chi connectivity index (χ2v) is 7.88. The average Bonchev–Trinajstić information content (AvgIpc) is 2.62. The van der Waals surface area contributed by atoms with E-state index in [1.54, 1.807) is 30.3 Å². The van der Waals surface area contributed by atoms with Gasteiger partial charge in [0.25, 0.3) is 0 Å². The van der Waals surface area contributed by atoms with Gasteiger partial charge in [-0.3, -0.25) is 0 Å². The summed E-state index contributed by atoms with van der Waals surface area (Å²) in [5, 5.41) is 9.64. The van der Waals surface area contributed by atoms with Gasteiger partial charge >= 0.3 is 0 Å². The minimum atomic E-state index is -3.71. The minimum absolute atomic E-state index is 0.126. The summed E-state index contributed by atoms with van der Waals surface area (Å²) in [6, 6.07) is 11.8. The van der Waals surface area contributed by atoms with Gasteiger partial charge in [0.2, 0.25) is 10.0 Å². The summed E-state index contributed by atoms with van der Waals surface area (Å²) in [5.74, 6) is 0.451. The highest BCUT2D eigenvalue weighted by Crippen LogP contribution is 2.32. The lowest BCUT2D eigenvalue weighted by Crippen LogP contribution is -2.42. The number of ether oxygens (including phenoxy) is 2. The predicted molar refractivity (Wildman–Crippen MR) is 93.3 cm³/mol. The van der Waals surface area contributed by atoms with Crippen LogP contribution in [-0.2, 0) is 14.8 Å². The van der Waals surface area contributed by atoms with Crippen LogP contribution in [0.4, 0.5) is 0 Å². The van der Waals surface area contributed by atoms with Crippen molar-refractivity contribution in [3.05, 3.63) is 53.6 Å². The highest BCUT2D eigenvalue weighted by Gasteiger charge is 2.33. The van der Waals surface area contributed by atoms with Crippen LogP contribution < -0.4 is 4.74 Å². The van der Waals surface area contributed by atoms with Crippen molar-refractivity contribution >= 4 is 10.0 Å². The van der Waals surface area contributed by atoms with Crippen molar-refractivity contribution in [1.82, 2.24) is 4.31 Å². The lowest BCUT2D eigenvalue weighted by atomic mass is 10.1. The topological polar surface area (TPSA) is 76.1 Å². The number of aryl methyl sites for hydroxylation is 1. The quantitative estimate of drug-likeness (QED) is 0.903. The molecular formula is C18H21NO5S. The lowest BCUT2D eigenvalue weighted by molar-refractivity contribution is -0.00268. The van der Waals surface area contributed by atoms with Gasteiger partial charge in [0, 0.05) is 13.1 Å². The first-order valence-electron chi connectivity index (χ1n) is 7.97. The summed E-state index contributed by atoms with van der Waals surface area (Å²) in [4.78, 5) is 0.159. The van der Waals surface area contributed by atoms with E-state index in [0.29, 0.717) is 5.75 Å². The number of aromatic hydroxyl groups is 1. The molecule has 0 aromatic heterocycles. The van der Waals surface area contributed by atoms with E-state index in [1.165, 1.54) is 11.4 Å². The Bertz CT molecular complexity index is 866. The standard InChI is InChI=1S/C18H21NO5S/c1-13-6-7-16(23-2)18(10-13)25(21,22)19-8-9-24-17(12-19)14-4-3-5-15(20)11-14/h3-7,10-11,17,20H,8-9,12H2,1-2H3. The van der Waals surface area contributed by atoms with E-state index in [0.717, 1.165) is 11.1 Å². The van der Waals surface area contributed by atoms with Gasteiger partial charge < -0.3 is 14.6 Å². The number of phenols is 1. The molecule has 2 aromatic rings. The van der Waals surface area contributed by atoms with Crippen molar-refractivity contribution in [2.45, 2.75) is 17.9 Å². The zero-order valence-electron chi connectivity index (χ0n) is 14.2. The van der Waals surface area contributed by atoms with Gasteiger partial charge in [-0.05, 0) is 42.3 Å².